The molecule has 146 valence electrons. The molecule has 0 unspecified atom stereocenters. The smallest absolute Gasteiger partial charge is 0.270 e. The average Bonchev–Trinajstić information content (AvgIpc) is 2.61. The van der Waals surface area contributed by atoms with Gasteiger partial charge in [-0.05, 0) is 25.1 Å². The molecule has 0 aromatic heterocycles. The lowest BCUT2D eigenvalue weighted by molar-refractivity contribution is -0.385. The van der Waals surface area contributed by atoms with Crippen molar-refractivity contribution in [2.24, 2.45) is 10.7 Å². The van der Waals surface area contributed by atoms with Crippen LogP contribution < -0.4 is 15.8 Å². The van der Waals surface area contributed by atoms with Crippen molar-refractivity contribution in [3.63, 3.8) is 0 Å². The van der Waals surface area contributed by atoms with Gasteiger partial charge in [0.05, 0.1) is 16.4 Å². The third kappa shape index (κ3) is 7.11. The number of nitrogens with one attached hydrogen (secondary N) is 2. The van der Waals surface area contributed by atoms with Crippen LogP contribution >= 0.6 is 24.0 Å². The molecule has 0 aliphatic heterocycles. The first-order chi connectivity index (χ1) is 12.3. The molecule has 0 aliphatic carbocycles. The van der Waals surface area contributed by atoms with Gasteiger partial charge in [0.1, 0.15) is 0 Å². The molecule has 2 rings (SSSR count). The Morgan fingerprint density at radius 3 is 2.52 bits per heavy atom. The van der Waals surface area contributed by atoms with Crippen molar-refractivity contribution >= 4 is 51.3 Å². The molecule has 0 aliphatic rings. The van der Waals surface area contributed by atoms with E-state index in [1.807, 2.05) is 31.2 Å². The van der Waals surface area contributed by atoms with Gasteiger partial charge < -0.3 is 11.1 Å². The van der Waals surface area contributed by atoms with Crippen LogP contribution in [0.4, 0.5) is 11.4 Å². The van der Waals surface area contributed by atoms with Gasteiger partial charge in [-0.2, -0.15) is 0 Å². The Morgan fingerprint density at radius 2 is 1.89 bits per heavy atom. The van der Waals surface area contributed by atoms with Gasteiger partial charge in [0, 0.05) is 24.4 Å². The highest BCUT2D eigenvalue weighted by atomic mass is 127. The highest BCUT2D eigenvalue weighted by Crippen LogP contribution is 2.16. The molecule has 2 aromatic carbocycles. The minimum atomic E-state index is -3.86. The fraction of sp³-hybridized carbons (Fsp3) is 0.188. The van der Waals surface area contributed by atoms with Crippen molar-refractivity contribution in [1.82, 2.24) is 4.72 Å². The van der Waals surface area contributed by atoms with Crippen LogP contribution in [0.15, 0.2) is 58.4 Å². The zero-order valence-corrected chi connectivity index (χ0v) is 17.6. The molecule has 0 bridgehead atoms. The standard InChI is InChI=1S/C16H19N5O4S.HI/c1-12-5-7-13(8-6-12)20-16(17)18-9-10-19-26(24,25)15-4-2-3-14(11-15)21(22)23;/h2-8,11,19H,9-10H2,1H3,(H3,17,18,20);1H. The molecule has 0 spiro atoms. The van der Waals surface area contributed by atoms with Crippen LogP contribution in [-0.2, 0) is 10.0 Å². The van der Waals surface area contributed by atoms with E-state index in [1.165, 1.54) is 18.2 Å². The van der Waals surface area contributed by atoms with Crippen molar-refractivity contribution in [2.75, 3.05) is 18.4 Å². The van der Waals surface area contributed by atoms with Crippen LogP contribution in [0.5, 0.6) is 0 Å². The molecule has 0 amide bonds. The minimum absolute atomic E-state index is 0. The fourth-order valence-corrected chi connectivity index (χ4v) is 3.09. The minimum Gasteiger partial charge on any atom is -0.370 e. The van der Waals surface area contributed by atoms with Gasteiger partial charge in [0.25, 0.3) is 5.69 Å². The first kappa shape index (κ1) is 22.8. The van der Waals surface area contributed by atoms with Gasteiger partial charge in [-0.25, -0.2) is 13.1 Å². The largest absolute Gasteiger partial charge is 0.370 e. The number of nitrogens with two attached hydrogens (primary N) is 1. The molecular weight excluding hydrogens is 485 g/mol. The summed E-state index contributed by atoms with van der Waals surface area (Å²) in [4.78, 5) is 13.9. The second-order valence-corrected chi connectivity index (χ2v) is 7.18. The molecule has 27 heavy (non-hydrogen) atoms. The third-order valence-corrected chi connectivity index (χ3v) is 4.81. The summed E-state index contributed by atoms with van der Waals surface area (Å²) in [5, 5.41) is 13.6. The van der Waals surface area contributed by atoms with Crippen molar-refractivity contribution in [3.05, 3.63) is 64.2 Å². The van der Waals surface area contributed by atoms with Gasteiger partial charge in [-0.3, -0.25) is 15.1 Å². The first-order valence-corrected chi connectivity index (χ1v) is 9.14. The summed E-state index contributed by atoms with van der Waals surface area (Å²) < 4.78 is 26.6. The van der Waals surface area contributed by atoms with E-state index in [-0.39, 0.29) is 53.6 Å². The molecule has 0 heterocycles. The van der Waals surface area contributed by atoms with E-state index in [2.05, 4.69) is 15.0 Å². The number of nitrogens with zero attached hydrogens (tertiary/aromatic N) is 2. The van der Waals surface area contributed by atoms with E-state index in [0.717, 1.165) is 17.3 Å². The van der Waals surface area contributed by atoms with Crippen molar-refractivity contribution in [1.29, 1.82) is 0 Å². The number of nitro groups is 1. The summed E-state index contributed by atoms with van der Waals surface area (Å²) >= 11 is 0. The van der Waals surface area contributed by atoms with Crippen molar-refractivity contribution < 1.29 is 13.3 Å². The second-order valence-electron chi connectivity index (χ2n) is 5.41. The Morgan fingerprint density at radius 1 is 1.22 bits per heavy atom. The molecule has 11 heteroatoms. The Bertz CT molecular complexity index is 917. The number of benzene rings is 2. The summed E-state index contributed by atoms with van der Waals surface area (Å²) in [5.41, 5.74) is 7.34. The average molecular weight is 505 g/mol. The maximum absolute atomic E-state index is 12.1. The second kappa shape index (κ2) is 10.2. The number of halogens is 1. The molecule has 0 radical (unpaired) electrons. The van der Waals surface area contributed by atoms with Gasteiger partial charge in [-0.1, -0.05) is 23.8 Å². The topological polar surface area (TPSA) is 140 Å². The maximum atomic E-state index is 12.1. The number of aryl methyl sites for hydroxylation is 1. The highest BCUT2D eigenvalue weighted by Gasteiger charge is 2.16. The van der Waals surface area contributed by atoms with Gasteiger partial charge in [0.2, 0.25) is 10.0 Å². The van der Waals surface area contributed by atoms with E-state index < -0.39 is 14.9 Å². The number of rotatable bonds is 7. The van der Waals surface area contributed by atoms with Crippen LogP contribution in [0.3, 0.4) is 0 Å². The van der Waals surface area contributed by atoms with Crippen LogP contribution in [0.2, 0.25) is 0 Å². The number of non-ortho nitro benzene ring substituents is 1. The van der Waals surface area contributed by atoms with E-state index in [9.17, 15) is 18.5 Å². The highest BCUT2D eigenvalue weighted by molar-refractivity contribution is 14.0. The quantitative estimate of drug-likeness (QED) is 0.132. The summed E-state index contributed by atoms with van der Waals surface area (Å²) in [5.74, 6) is 0.156. The van der Waals surface area contributed by atoms with Gasteiger partial charge >= 0.3 is 0 Å². The maximum Gasteiger partial charge on any atom is 0.270 e. The Labute approximate surface area is 174 Å². The fourth-order valence-electron chi connectivity index (χ4n) is 2.03. The van der Waals surface area contributed by atoms with Crippen LogP contribution in [0.1, 0.15) is 5.56 Å². The lowest BCUT2D eigenvalue weighted by Gasteiger charge is -2.07. The van der Waals surface area contributed by atoms with Crippen LogP contribution in [0.25, 0.3) is 0 Å². The normalized spacial score (nSPS) is 11.5. The van der Waals surface area contributed by atoms with E-state index in [0.29, 0.717) is 0 Å². The SMILES string of the molecule is Cc1ccc(NC(N)=NCCNS(=O)(=O)c2cccc([N+](=O)[O-])c2)cc1.I. The molecule has 9 nitrogen and oxygen atoms in total. The molecule has 0 atom stereocenters. The molecular formula is C16H20IN5O4S. The Kier molecular flexibility index (Phi) is 8.59. The monoisotopic (exact) mass is 505 g/mol. The summed E-state index contributed by atoms with van der Waals surface area (Å²) in [6, 6.07) is 12.4. The Balaban J connectivity index is 0.00000364. The summed E-state index contributed by atoms with van der Waals surface area (Å²) in [6.07, 6.45) is 0. The van der Waals surface area contributed by atoms with Crippen molar-refractivity contribution in [2.45, 2.75) is 11.8 Å². The molecule has 0 saturated carbocycles. The zero-order valence-electron chi connectivity index (χ0n) is 14.5. The predicted molar refractivity (Wildman–Crippen MR) is 115 cm³/mol. The lowest BCUT2D eigenvalue weighted by Crippen LogP contribution is -2.28. The van der Waals surface area contributed by atoms with E-state index in [4.69, 9.17) is 5.73 Å². The number of hydrogen-bond acceptors (Lipinski definition) is 5. The zero-order chi connectivity index (χ0) is 19.2. The number of sulfonamides is 1. The van der Waals surface area contributed by atoms with Crippen LogP contribution in [-0.4, -0.2) is 32.4 Å². The number of anilines is 1. The number of hydrogen-bond donors (Lipinski definition) is 3. The van der Waals surface area contributed by atoms with E-state index in [1.54, 1.807) is 0 Å². The number of aliphatic imine (C=N–C) groups is 1. The van der Waals surface area contributed by atoms with Gasteiger partial charge in [0.15, 0.2) is 5.96 Å². The Hall–Kier alpha value is -2.25. The van der Waals surface area contributed by atoms with Crippen LogP contribution in [0, 0.1) is 17.0 Å². The van der Waals surface area contributed by atoms with E-state index >= 15 is 0 Å². The molecule has 2 aromatic rings. The molecule has 4 N–H and O–H groups in total. The number of guanidine groups is 1. The summed E-state index contributed by atoms with van der Waals surface area (Å²) in [6.45, 7) is 2.08. The first-order valence-electron chi connectivity index (χ1n) is 7.66. The third-order valence-electron chi connectivity index (χ3n) is 3.35. The summed E-state index contributed by atoms with van der Waals surface area (Å²) in [7, 11) is -3.86. The lowest BCUT2D eigenvalue weighted by atomic mass is 10.2. The molecule has 0 saturated heterocycles. The van der Waals surface area contributed by atoms with Crippen molar-refractivity contribution in [3.8, 4) is 0 Å². The molecule has 0 fully saturated rings. The predicted octanol–water partition coefficient (Wildman–Crippen LogP) is 2.23. The van der Waals surface area contributed by atoms with Gasteiger partial charge in [-0.15, -0.1) is 24.0 Å². The number of nitro benzene ring substituents is 1.